The van der Waals surface area contributed by atoms with E-state index < -0.39 is 0 Å². The molecule has 2 aliphatic rings. The molecule has 1 atom stereocenters. The maximum atomic E-state index is 14.1. The van der Waals surface area contributed by atoms with Crippen LogP contribution in [0.15, 0.2) is 35.7 Å². The number of hydrogen-bond donors (Lipinski definition) is 0. The number of rotatable bonds is 5. The van der Waals surface area contributed by atoms with E-state index in [0.29, 0.717) is 17.8 Å². The Balaban J connectivity index is 0.00000169. The molecule has 5 heteroatoms. The molecule has 0 amide bonds. The normalized spacial score (nSPS) is 18.5. The van der Waals surface area contributed by atoms with Crippen LogP contribution in [0.3, 0.4) is 0 Å². The highest BCUT2D eigenvalue weighted by Crippen LogP contribution is 2.34. The van der Waals surface area contributed by atoms with Crippen LogP contribution in [0.4, 0.5) is 4.39 Å². The minimum Gasteiger partial charge on any atom is -0.298 e. The lowest BCUT2D eigenvalue weighted by Gasteiger charge is -2.34. The highest BCUT2D eigenvalue weighted by atomic mass is 79.9. The van der Waals surface area contributed by atoms with Gasteiger partial charge >= 0.3 is 0 Å². The van der Waals surface area contributed by atoms with Crippen molar-refractivity contribution in [2.45, 2.75) is 38.3 Å². The number of halogens is 2. The second-order valence-corrected chi connectivity index (χ2v) is 7.58. The van der Waals surface area contributed by atoms with E-state index in [4.69, 9.17) is 0 Å². The Kier molecular flexibility index (Phi) is 5.52. The van der Waals surface area contributed by atoms with Crippen LogP contribution in [0.2, 0.25) is 0 Å². The van der Waals surface area contributed by atoms with E-state index >= 15 is 0 Å². The van der Waals surface area contributed by atoms with Crippen LogP contribution in [0.25, 0.3) is 0 Å². The highest BCUT2D eigenvalue weighted by Gasteiger charge is 2.38. The number of carbonyl (C=O) groups is 1. The molecule has 2 nitrogen and oxygen atoms in total. The van der Waals surface area contributed by atoms with Crippen LogP contribution in [0, 0.1) is 11.7 Å². The van der Waals surface area contributed by atoms with E-state index in [1.54, 1.807) is 17.4 Å². The highest BCUT2D eigenvalue weighted by molar-refractivity contribution is 8.93. The minimum absolute atomic E-state index is 0. The van der Waals surface area contributed by atoms with Gasteiger partial charge < -0.3 is 0 Å². The molecule has 2 heterocycles. The van der Waals surface area contributed by atoms with Crippen molar-refractivity contribution in [1.82, 2.24) is 4.90 Å². The zero-order valence-electron chi connectivity index (χ0n) is 13.4. The maximum absolute atomic E-state index is 14.1. The molecule has 0 saturated heterocycles. The number of thiophene rings is 1. The Labute approximate surface area is 156 Å². The smallest absolute Gasteiger partial charge is 0.153 e. The largest absolute Gasteiger partial charge is 0.298 e. The van der Waals surface area contributed by atoms with E-state index in [1.807, 2.05) is 12.1 Å². The van der Waals surface area contributed by atoms with Crippen LogP contribution >= 0.6 is 28.3 Å². The molecule has 2 aromatic rings. The van der Waals surface area contributed by atoms with Crippen molar-refractivity contribution in [3.05, 3.63) is 57.5 Å². The van der Waals surface area contributed by atoms with Gasteiger partial charge in [0.05, 0.1) is 6.04 Å². The number of carbonyl (C=O) groups excluding carboxylic acids is 1. The summed E-state index contributed by atoms with van der Waals surface area (Å²) in [5.41, 5.74) is 1.99. The van der Waals surface area contributed by atoms with Gasteiger partial charge in [-0.3, -0.25) is 9.69 Å². The van der Waals surface area contributed by atoms with Crippen molar-refractivity contribution in [3.63, 3.8) is 0 Å². The van der Waals surface area contributed by atoms with Crippen LogP contribution in [-0.4, -0.2) is 23.3 Å². The molecule has 4 rings (SSSR count). The molecule has 128 valence electrons. The quantitative estimate of drug-likeness (QED) is 0.728. The van der Waals surface area contributed by atoms with Gasteiger partial charge in [-0.25, -0.2) is 4.39 Å². The number of ketones is 1. The molecular weight excluding hydrogens is 389 g/mol. The molecule has 1 aliphatic carbocycles. The average Bonchev–Trinajstić information content (AvgIpc) is 3.31. The molecule has 0 N–H and O–H groups in total. The second-order valence-electron chi connectivity index (χ2n) is 6.58. The van der Waals surface area contributed by atoms with E-state index in [1.165, 1.54) is 16.5 Å². The molecule has 1 aromatic carbocycles. The Hall–Kier alpha value is -1.04. The lowest BCUT2D eigenvalue weighted by Crippen LogP contribution is -2.45. The summed E-state index contributed by atoms with van der Waals surface area (Å²) < 4.78 is 14.1. The third-order valence-corrected chi connectivity index (χ3v) is 5.98. The van der Waals surface area contributed by atoms with Crippen LogP contribution in [0.5, 0.6) is 0 Å². The first-order valence-corrected chi connectivity index (χ1v) is 9.17. The van der Waals surface area contributed by atoms with Crippen molar-refractivity contribution in [2.24, 2.45) is 5.92 Å². The number of nitrogens with zero attached hydrogens (tertiary/aromatic N) is 1. The fraction of sp³-hybridized carbons (Fsp3) is 0.421. The number of fused-ring (bicyclic) bond motifs is 1. The minimum atomic E-state index is -0.200. The predicted molar refractivity (Wildman–Crippen MR) is 100 cm³/mol. The lowest BCUT2D eigenvalue weighted by atomic mass is 9.95. The second kappa shape index (κ2) is 7.46. The summed E-state index contributed by atoms with van der Waals surface area (Å²) in [6, 6.07) is 8.82. The summed E-state index contributed by atoms with van der Waals surface area (Å²) in [6.45, 7) is 1.71. The molecule has 24 heavy (non-hydrogen) atoms. The third kappa shape index (κ3) is 3.63. The van der Waals surface area contributed by atoms with Gasteiger partial charge in [0.1, 0.15) is 5.82 Å². The Morgan fingerprint density at radius 1 is 1.29 bits per heavy atom. The van der Waals surface area contributed by atoms with E-state index in [9.17, 15) is 9.18 Å². The molecule has 1 unspecified atom stereocenters. The first kappa shape index (κ1) is 17.8. The first-order valence-electron chi connectivity index (χ1n) is 8.29. The molecule has 1 fully saturated rings. The summed E-state index contributed by atoms with van der Waals surface area (Å²) in [7, 11) is 0. The zero-order valence-corrected chi connectivity index (χ0v) is 15.9. The number of benzene rings is 1. The number of hydrogen-bond acceptors (Lipinski definition) is 3. The van der Waals surface area contributed by atoms with Gasteiger partial charge in [0.2, 0.25) is 0 Å². The van der Waals surface area contributed by atoms with Gasteiger partial charge in [0, 0.05) is 23.9 Å². The summed E-state index contributed by atoms with van der Waals surface area (Å²) >= 11 is 1.80. The monoisotopic (exact) mass is 409 g/mol. The SMILES string of the molecule is Br.O=C(C1CC1)C(Cc1ccccc1F)N1CCc2sccc2C1. The van der Waals surface area contributed by atoms with E-state index in [0.717, 1.165) is 32.4 Å². The first-order chi connectivity index (χ1) is 11.2. The van der Waals surface area contributed by atoms with Gasteiger partial charge in [0.15, 0.2) is 5.78 Å². The summed E-state index contributed by atoms with van der Waals surface area (Å²) in [5, 5.41) is 2.13. The van der Waals surface area contributed by atoms with Crippen LogP contribution < -0.4 is 0 Å². The van der Waals surface area contributed by atoms with E-state index in [-0.39, 0.29) is 34.8 Å². The molecule has 1 aliphatic heterocycles. The molecular formula is C19H21BrFNOS. The fourth-order valence-electron chi connectivity index (χ4n) is 3.46. The molecule has 0 spiro atoms. The summed E-state index contributed by atoms with van der Waals surface area (Å²) in [4.78, 5) is 16.5. The van der Waals surface area contributed by atoms with Crippen molar-refractivity contribution in [2.75, 3.05) is 6.54 Å². The van der Waals surface area contributed by atoms with Gasteiger partial charge in [-0.05, 0) is 54.3 Å². The van der Waals surface area contributed by atoms with Crippen molar-refractivity contribution < 1.29 is 9.18 Å². The Morgan fingerprint density at radius 3 is 2.83 bits per heavy atom. The Morgan fingerprint density at radius 2 is 2.08 bits per heavy atom. The van der Waals surface area contributed by atoms with E-state index in [2.05, 4.69) is 16.3 Å². The Bertz CT molecular complexity index is 728. The van der Waals surface area contributed by atoms with Gasteiger partial charge in [-0.15, -0.1) is 28.3 Å². The number of Topliss-reactive ketones (excluding diaryl/α,β-unsaturated/α-hetero) is 1. The van der Waals surface area contributed by atoms with Gasteiger partial charge in [-0.2, -0.15) is 0 Å². The molecule has 0 radical (unpaired) electrons. The average molecular weight is 410 g/mol. The standard InChI is InChI=1S/C19H20FNOS.BrH/c20-16-4-2-1-3-14(16)11-17(19(22)13-5-6-13)21-9-7-18-15(12-21)8-10-23-18;/h1-4,8,10,13,17H,5-7,9,11-12H2;1H. The van der Waals surface area contributed by atoms with Crippen LogP contribution in [0.1, 0.15) is 28.8 Å². The summed E-state index contributed by atoms with van der Waals surface area (Å²) in [5.74, 6) is 0.317. The van der Waals surface area contributed by atoms with Crippen molar-refractivity contribution >= 4 is 34.1 Å². The molecule has 1 saturated carbocycles. The summed E-state index contributed by atoms with van der Waals surface area (Å²) in [6.07, 6.45) is 3.49. The lowest BCUT2D eigenvalue weighted by molar-refractivity contribution is -0.126. The zero-order chi connectivity index (χ0) is 15.8. The molecule has 1 aromatic heterocycles. The maximum Gasteiger partial charge on any atom is 0.153 e. The van der Waals surface area contributed by atoms with Gasteiger partial charge in [0.25, 0.3) is 0 Å². The van der Waals surface area contributed by atoms with Crippen molar-refractivity contribution in [3.8, 4) is 0 Å². The predicted octanol–water partition coefficient (Wildman–Crippen LogP) is 4.41. The topological polar surface area (TPSA) is 20.3 Å². The van der Waals surface area contributed by atoms with Crippen molar-refractivity contribution in [1.29, 1.82) is 0 Å². The van der Waals surface area contributed by atoms with Crippen LogP contribution in [-0.2, 0) is 24.2 Å². The fourth-order valence-corrected chi connectivity index (χ4v) is 4.35. The third-order valence-electron chi connectivity index (χ3n) is 4.96. The van der Waals surface area contributed by atoms with Gasteiger partial charge in [-0.1, -0.05) is 18.2 Å². The molecule has 0 bridgehead atoms.